The molecule has 2 amide bonds. The van der Waals surface area contributed by atoms with Crippen molar-refractivity contribution in [2.75, 3.05) is 45.9 Å². The number of hydrogen-bond acceptors (Lipinski definition) is 6. The number of amides is 2. The Labute approximate surface area is 166 Å². The number of hydrogen-bond donors (Lipinski definition) is 0. The van der Waals surface area contributed by atoms with E-state index in [9.17, 15) is 18.0 Å². The minimum Gasteiger partial charge on any atom is -0.447 e. The smallest absolute Gasteiger partial charge is 0.416 e. The summed E-state index contributed by atoms with van der Waals surface area (Å²) in [6, 6.07) is 2.01. The van der Waals surface area contributed by atoms with Crippen molar-refractivity contribution in [2.24, 2.45) is 0 Å². The minimum absolute atomic E-state index is 0.0879. The van der Waals surface area contributed by atoms with Gasteiger partial charge in [-0.1, -0.05) is 6.07 Å². The highest BCUT2D eigenvalue weighted by Gasteiger charge is 2.34. The van der Waals surface area contributed by atoms with Crippen molar-refractivity contribution in [3.8, 4) is 0 Å². The molecule has 9 heteroatoms. The number of aryl methyl sites for hydroxylation is 2. The summed E-state index contributed by atoms with van der Waals surface area (Å²) in [5, 5.41) is 0. The zero-order valence-electron chi connectivity index (χ0n) is 16.8. The van der Waals surface area contributed by atoms with Gasteiger partial charge in [-0.05, 0) is 49.9 Å². The third kappa shape index (κ3) is 3.78. The van der Waals surface area contributed by atoms with E-state index in [-0.39, 0.29) is 25.6 Å². The predicted molar refractivity (Wildman–Crippen MR) is 104 cm³/mol. The fourth-order valence-corrected chi connectivity index (χ4v) is 5.72. The lowest BCUT2D eigenvalue weighted by molar-refractivity contribution is -0.129. The summed E-state index contributed by atoms with van der Waals surface area (Å²) in [6.45, 7) is 9.64. The van der Waals surface area contributed by atoms with E-state index in [2.05, 4.69) is 0 Å². The normalized spacial score (nSPS) is 19.1. The molecule has 154 valence electrons. The Bertz CT molecular complexity index is 878. The summed E-state index contributed by atoms with van der Waals surface area (Å²) < 4.78 is 32.9. The molecule has 1 aromatic carbocycles. The van der Waals surface area contributed by atoms with E-state index in [1.807, 2.05) is 38.7 Å². The van der Waals surface area contributed by atoms with Crippen LogP contribution in [0.15, 0.2) is 11.0 Å². The number of piperazine rings is 1. The second-order valence-electron chi connectivity index (χ2n) is 7.43. The molecular formula is C19H27N3O5S. The van der Waals surface area contributed by atoms with Crippen molar-refractivity contribution in [1.82, 2.24) is 14.1 Å². The van der Waals surface area contributed by atoms with Crippen LogP contribution in [0.5, 0.6) is 0 Å². The molecule has 0 unspecified atom stereocenters. The van der Waals surface area contributed by atoms with Gasteiger partial charge < -0.3 is 4.74 Å². The van der Waals surface area contributed by atoms with Gasteiger partial charge >= 0.3 is 6.09 Å². The van der Waals surface area contributed by atoms with Gasteiger partial charge in [-0.3, -0.25) is 9.69 Å². The molecule has 3 rings (SSSR count). The van der Waals surface area contributed by atoms with E-state index in [0.29, 0.717) is 31.1 Å². The number of cyclic esters (lactones) is 1. The Morgan fingerprint density at radius 1 is 1.00 bits per heavy atom. The molecular weight excluding hydrogens is 382 g/mol. The Morgan fingerprint density at radius 3 is 2.07 bits per heavy atom. The van der Waals surface area contributed by atoms with Gasteiger partial charge in [0.2, 0.25) is 15.9 Å². The molecule has 0 bridgehead atoms. The summed E-state index contributed by atoms with van der Waals surface area (Å²) >= 11 is 0. The van der Waals surface area contributed by atoms with Crippen LogP contribution in [0.2, 0.25) is 0 Å². The Kier molecular flexibility index (Phi) is 5.79. The fraction of sp³-hybridized carbons (Fsp3) is 0.579. The van der Waals surface area contributed by atoms with Crippen molar-refractivity contribution >= 4 is 22.0 Å². The molecule has 0 N–H and O–H groups in total. The lowest BCUT2D eigenvalue weighted by Crippen LogP contribution is -2.51. The van der Waals surface area contributed by atoms with E-state index in [1.54, 1.807) is 0 Å². The molecule has 1 aromatic rings. The molecule has 28 heavy (non-hydrogen) atoms. The summed E-state index contributed by atoms with van der Waals surface area (Å²) in [7, 11) is -3.61. The zero-order valence-corrected chi connectivity index (χ0v) is 17.6. The maximum absolute atomic E-state index is 13.3. The molecule has 0 aromatic heterocycles. The van der Waals surface area contributed by atoms with Gasteiger partial charge in [-0.15, -0.1) is 0 Å². The van der Waals surface area contributed by atoms with Gasteiger partial charge in [-0.2, -0.15) is 4.31 Å². The highest BCUT2D eigenvalue weighted by Crippen LogP contribution is 2.29. The van der Waals surface area contributed by atoms with Crippen LogP contribution in [0.1, 0.15) is 22.3 Å². The molecule has 2 fully saturated rings. The number of imide groups is 1. The minimum atomic E-state index is -3.61. The van der Waals surface area contributed by atoms with Gasteiger partial charge in [0.25, 0.3) is 0 Å². The lowest BCUT2D eigenvalue weighted by Gasteiger charge is -2.34. The molecule has 0 atom stereocenters. The zero-order chi connectivity index (χ0) is 20.6. The summed E-state index contributed by atoms with van der Waals surface area (Å²) in [4.78, 5) is 27.1. The number of nitrogens with zero attached hydrogens (tertiary/aromatic N) is 3. The summed E-state index contributed by atoms with van der Waals surface area (Å²) in [5.41, 5.74) is 3.49. The molecule has 0 spiro atoms. The molecule has 0 radical (unpaired) electrons. The Balaban J connectivity index is 1.69. The first-order valence-electron chi connectivity index (χ1n) is 9.40. The van der Waals surface area contributed by atoms with Crippen LogP contribution in [0.4, 0.5) is 4.79 Å². The number of rotatable bonds is 4. The van der Waals surface area contributed by atoms with Crippen LogP contribution in [0.3, 0.4) is 0 Å². The molecule has 2 aliphatic heterocycles. The molecule has 2 aliphatic rings. The van der Waals surface area contributed by atoms with E-state index >= 15 is 0 Å². The van der Waals surface area contributed by atoms with Gasteiger partial charge in [-0.25, -0.2) is 18.1 Å². The van der Waals surface area contributed by atoms with E-state index in [4.69, 9.17) is 4.74 Å². The number of carbonyl (C=O) groups is 2. The first kappa shape index (κ1) is 20.8. The molecule has 2 saturated heterocycles. The van der Waals surface area contributed by atoms with Gasteiger partial charge in [0.1, 0.15) is 6.61 Å². The average molecular weight is 410 g/mol. The number of benzene rings is 1. The molecule has 2 heterocycles. The number of sulfonamides is 1. The summed E-state index contributed by atoms with van der Waals surface area (Å²) in [6.07, 6.45) is -0.605. The van der Waals surface area contributed by atoms with Gasteiger partial charge in [0.05, 0.1) is 18.0 Å². The van der Waals surface area contributed by atoms with Crippen LogP contribution in [0.25, 0.3) is 0 Å². The maximum Gasteiger partial charge on any atom is 0.416 e. The van der Waals surface area contributed by atoms with Gasteiger partial charge in [0.15, 0.2) is 0 Å². The second kappa shape index (κ2) is 7.81. The first-order chi connectivity index (χ1) is 13.1. The van der Waals surface area contributed by atoms with Crippen molar-refractivity contribution in [3.05, 3.63) is 28.3 Å². The largest absolute Gasteiger partial charge is 0.447 e. The SMILES string of the molecule is Cc1cc(C)c(C)c(S(=O)(=O)N2CCN(CC(=O)N3CCOC3=O)CC2)c1C. The molecule has 0 saturated carbocycles. The molecule has 0 aliphatic carbocycles. The fourth-order valence-electron chi connectivity index (χ4n) is 3.72. The van der Waals surface area contributed by atoms with Crippen molar-refractivity contribution in [2.45, 2.75) is 32.6 Å². The van der Waals surface area contributed by atoms with E-state index < -0.39 is 16.1 Å². The quantitative estimate of drug-likeness (QED) is 0.743. The Hall–Kier alpha value is -1.97. The highest BCUT2D eigenvalue weighted by molar-refractivity contribution is 7.89. The number of carbonyl (C=O) groups excluding carboxylic acids is 2. The van der Waals surface area contributed by atoms with Crippen LogP contribution < -0.4 is 0 Å². The van der Waals surface area contributed by atoms with E-state index in [1.165, 1.54) is 4.31 Å². The van der Waals surface area contributed by atoms with Crippen LogP contribution in [0, 0.1) is 27.7 Å². The third-order valence-electron chi connectivity index (χ3n) is 5.65. The standard InChI is InChI=1S/C19H27N3O5S/c1-13-11-14(2)16(4)18(15(13)3)28(25,26)21-7-5-20(6-8-21)12-17(23)22-9-10-27-19(22)24/h11H,5-10,12H2,1-4H3. The second-order valence-corrected chi connectivity index (χ2v) is 9.30. The Morgan fingerprint density at radius 2 is 1.57 bits per heavy atom. The first-order valence-corrected chi connectivity index (χ1v) is 10.8. The van der Waals surface area contributed by atoms with Crippen molar-refractivity contribution in [1.29, 1.82) is 0 Å². The van der Waals surface area contributed by atoms with Crippen LogP contribution in [-0.2, 0) is 19.6 Å². The predicted octanol–water partition coefficient (Wildman–Crippen LogP) is 1.21. The third-order valence-corrected chi connectivity index (χ3v) is 7.82. The monoisotopic (exact) mass is 409 g/mol. The van der Waals surface area contributed by atoms with Crippen LogP contribution >= 0.6 is 0 Å². The van der Waals surface area contributed by atoms with Crippen LogP contribution in [-0.4, -0.2) is 80.4 Å². The van der Waals surface area contributed by atoms with Crippen molar-refractivity contribution in [3.63, 3.8) is 0 Å². The van der Waals surface area contributed by atoms with E-state index in [0.717, 1.165) is 27.2 Å². The topological polar surface area (TPSA) is 87.2 Å². The van der Waals surface area contributed by atoms with Gasteiger partial charge in [0, 0.05) is 26.2 Å². The lowest BCUT2D eigenvalue weighted by atomic mass is 10.0. The molecule has 8 nitrogen and oxygen atoms in total. The average Bonchev–Trinajstić information content (AvgIpc) is 3.06. The summed E-state index contributed by atoms with van der Waals surface area (Å²) in [5.74, 6) is -0.306. The maximum atomic E-state index is 13.3. The highest BCUT2D eigenvalue weighted by atomic mass is 32.2. The number of ether oxygens (including phenoxy) is 1. The van der Waals surface area contributed by atoms with Crippen molar-refractivity contribution < 1.29 is 22.7 Å².